The van der Waals surface area contributed by atoms with E-state index in [1.165, 1.54) is 16.7 Å². The second kappa shape index (κ2) is 17.4. The van der Waals surface area contributed by atoms with E-state index in [0.717, 1.165) is 4.90 Å². The lowest BCUT2D eigenvalue weighted by Gasteiger charge is -2.36. The zero-order chi connectivity index (χ0) is 30.4. The summed E-state index contributed by atoms with van der Waals surface area (Å²) in [5.74, 6) is -6.59. The van der Waals surface area contributed by atoms with E-state index in [-0.39, 0.29) is 29.8 Å². The largest absolute Gasteiger partial charge is 0.480 e. The molecule has 1 rings (SSSR count). The van der Waals surface area contributed by atoms with Crippen molar-refractivity contribution in [1.82, 2.24) is 14.7 Å². The predicted octanol–water partition coefficient (Wildman–Crippen LogP) is -0.311. The van der Waals surface area contributed by atoms with Crippen molar-refractivity contribution in [3.8, 4) is 0 Å². The van der Waals surface area contributed by atoms with Gasteiger partial charge in [-0.25, -0.2) is 0 Å². The zero-order valence-electron chi connectivity index (χ0n) is 21.7. The molecule has 2 atom stereocenters. The Morgan fingerprint density at radius 2 is 1.18 bits per heavy atom. The van der Waals surface area contributed by atoms with Crippen LogP contribution in [0.2, 0.25) is 0 Å². The van der Waals surface area contributed by atoms with Crippen LogP contribution in [0.1, 0.15) is 12.5 Å². The van der Waals surface area contributed by atoms with E-state index in [4.69, 9.17) is 0 Å². The lowest BCUT2D eigenvalue weighted by molar-refractivity contribution is -0.144. The summed E-state index contributed by atoms with van der Waals surface area (Å²) in [6.45, 7) is -1.76. The minimum absolute atomic E-state index is 0.0986. The minimum Gasteiger partial charge on any atom is -0.480 e. The molecule has 0 spiro atoms. The van der Waals surface area contributed by atoms with E-state index in [0.29, 0.717) is 11.3 Å². The molecule has 0 aliphatic rings. The van der Waals surface area contributed by atoms with Crippen molar-refractivity contribution in [3.63, 3.8) is 0 Å². The van der Waals surface area contributed by atoms with Crippen molar-refractivity contribution in [3.05, 3.63) is 29.8 Å². The summed E-state index contributed by atoms with van der Waals surface area (Å²) in [5, 5.41) is 49.4. The van der Waals surface area contributed by atoms with E-state index >= 15 is 0 Å². The lowest BCUT2D eigenvalue weighted by atomic mass is 10.0. The van der Waals surface area contributed by atoms with Crippen molar-refractivity contribution < 1.29 is 54.3 Å². The van der Waals surface area contributed by atoms with Gasteiger partial charge in [0.1, 0.15) is 0 Å². The highest BCUT2D eigenvalue weighted by Crippen LogP contribution is 2.16. The summed E-state index contributed by atoms with van der Waals surface area (Å²) in [6, 6.07) is 5.04. The summed E-state index contributed by atoms with van der Waals surface area (Å²) in [7, 11) is 0. The number of carboxylic acids is 5. The molecule has 0 heterocycles. The van der Waals surface area contributed by atoms with E-state index in [1.807, 2.05) is 22.6 Å². The normalized spacial score (nSPS) is 12.7. The monoisotopic (exact) mass is 680 g/mol. The first-order valence-corrected chi connectivity index (χ1v) is 13.5. The van der Waals surface area contributed by atoms with Crippen LogP contribution in [-0.2, 0) is 35.2 Å². The fourth-order valence-corrected chi connectivity index (χ4v) is 4.25. The number of aliphatic carboxylic acids is 5. The molecule has 0 saturated carbocycles. The van der Waals surface area contributed by atoms with Crippen LogP contribution < -0.4 is 5.32 Å². The van der Waals surface area contributed by atoms with Crippen molar-refractivity contribution in [2.75, 3.05) is 55.6 Å². The van der Waals surface area contributed by atoms with Crippen molar-refractivity contribution >= 4 is 64.0 Å². The van der Waals surface area contributed by atoms with Gasteiger partial charge in [-0.15, -0.1) is 0 Å². The van der Waals surface area contributed by atoms with Gasteiger partial charge in [0.15, 0.2) is 0 Å². The Morgan fingerprint density at radius 3 is 1.60 bits per heavy atom. The molecule has 0 bridgehead atoms. The first-order chi connectivity index (χ1) is 18.7. The van der Waals surface area contributed by atoms with Crippen LogP contribution in [0.4, 0.5) is 5.69 Å². The maximum atomic E-state index is 11.7. The molecule has 40 heavy (non-hydrogen) atoms. The standard InChI is InChI=1S/C24H33IN4O11/c1-15(28(11-21(33)34)12-22(35)36)8-27(10-20(31)32)9-18(29(13-23(37)38)14-24(39)40)6-16-2-4-17(5-3-16)26-19(30)7-25/h2-5,15,18H,6-14H2,1H3,(H,26,30)(H,31,32)(H,33,34)(H,35,36)(H,37,38)(H,39,40)/t15-,18-/m0/s1. The molecular formula is C24H33IN4O11. The molecule has 1 aromatic rings. The average Bonchev–Trinajstić information content (AvgIpc) is 2.82. The van der Waals surface area contributed by atoms with Gasteiger partial charge in [0, 0.05) is 30.9 Å². The number of carbonyl (C=O) groups excluding carboxylic acids is 1. The first-order valence-electron chi connectivity index (χ1n) is 11.9. The maximum absolute atomic E-state index is 11.7. The van der Waals surface area contributed by atoms with Crippen LogP contribution in [0, 0.1) is 0 Å². The Labute approximate surface area is 243 Å². The highest BCUT2D eigenvalue weighted by molar-refractivity contribution is 14.1. The van der Waals surface area contributed by atoms with Crippen LogP contribution in [0.15, 0.2) is 24.3 Å². The summed E-state index contributed by atoms with van der Waals surface area (Å²) >= 11 is 1.91. The van der Waals surface area contributed by atoms with Gasteiger partial charge in [-0.05, 0) is 31.0 Å². The molecule has 0 saturated heterocycles. The second-order valence-electron chi connectivity index (χ2n) is 9.06. The fraction of sp³-hybridized carbons (Fsp3) is 0.500. The Kier molecular flexibility index (Phi) is 15.1. The predicted molar refractivity (Wildman–Crippen MR) is 149 cm³/mol. The molecule has 0 fully saturated rings. The van der Waals surface area contributed by atoms with Gasteiger partial charge in [0.05, 0.1) is 37.2 Å². The highest BCUT2D eigenvalue weighted by Gasteiger charge is 2.29. The fourth-order valence-electron chi connectivity index (χ4n) is 4.06. The van der Waals surface area contributed by atoms with Crippen LogP contribution in [0.3, 0.4) is 0 Å². The molecule has 16 heteroatoms. The molecule has 0 radical (unpaired) electrons. The number of nitrogens with one attached hydrogen (secondary N) is 1. The summed E-state index contributed by atoms with van der Waals surface area (Å²) in [6.07, 6.45) is 0.111. The number of carboxylic acid groups (broad SMARTS) is 5. The third-order valence-electron chi connectivity index (χ3n) is 5.67. The molecule has 1 aromatic carbocycles. The number of anilines is 1. The number of benzene rings is 1. The minimum atomic E-state index is -1.30. The summed E-state index contributed by atoms with van der Waals surface area (Å²) < 4.78 is 0.245. The number of rotatable bonds is 20. The Bertz CT molecular complexity index is 1020. The molecule has 6 N–H and O–H groups in total. The molecular weight excluding hydrogens is 647 g/mol. The Balaban J connectivity index is 3.32. The Hall–Kier alpha value is -3.35. The number of carbonyl (C=O) groups is 6. The third kappa shape index (κ3) is 14.2. The van der Waals surface area contributed by atoms with Gasteiger partial charge in [-0.3, -0.25) is 43.5 Å². The smallest absolute Gasteiger partial charge is 0.317 e. The van der Waals surface area contributed by atoms with Crippen molar-refractivity contribution in [1.29, 1.82) is 0 Å². The molecule has 0 aliphatic carbocycles. The molecule has 0 aliphatic heterocycles. The number of hydrogen-bond donors (Lipinski definition) is 6. The molecule has 1 amide bonds. The number of alkyl halides is 1. The van der Waals surface area contributed by atoms with Gasteiger partial charge in [-0.2, -0.15) is 0 Å². The number of amides is 1. The first kappa shape index (κ1) is 34.7. The van der Waals surface area contributed by atoms with Crippen molar-refractivity contribution in [2.24, 2.45) is 0 Å². The zero-order valence-corrected chi connectivity index (χ0v) is 23.9. The topological polar surface area (TPSA) is 225 Å². The van der Waals surface area contributed by atoms with E-state index in [2.05, 4.69) is 5.32 Å². The van der Waals surface area contributed by atoms with Crippen LogP contribution in [0.5, 0.6) is 0 Å². The van der Waals surface area contributed by atoms with E-state index < -0.39 is 74.7 Å². The van der Waals surface area contributed by atoms with Crippen molar-refractivity contribution in [2.45, 2.75) is 25.4 Å². The number of nitrogens with zero attached hydrogens (tertiary/aromatic N) is 3. The van der Waals surface area contributed by atoms with Crippen LogP contribution in [0.25, 0.3) is 0 Å². The van der Waals surface area contributed by atoms with Gasteiger partial charge < -0.3 is 30.8 Å². The number of halogens is 1. The van der Waals surface area contributed by atoms with Crippen LogP contribution >= 0.6 is 22.6 Å². The van der Waals surface area contributed by atoms with Crippen LogP contribution in [-0.4, -0.2) is 138 Å². The van der Waals surface area contributed by atoms with Gasteiger partial charge in [-0.1, -0.05) is 34.7 Å². The highest BCUT2D eigenvalue weighted by atomic mass is 127. The van der Waals surface area contributed by atoms with E-state index in [9.17, 15) is 54.3 Å². The van der Waals surface area contributed by atoms with Gasteiger partial charge >= 0.3 is 29.8 Å². The quantitative estimate of drug-likeness (QED) is 0.0768. The Morgan fingerprint density at radius 1 is 0.725 bits per heavy atom. The molecule has 222 valence electrons. The third-order valence-corrected chi connectivity index (χ3v) is 6.37. The molecule has 0 unspecified atom stereocenters. The maximum Gasteiger partial charge on any atom is 0.317 e. The lowest BCUT2D eigenvalue weighted by Crippen LogP contribution is -2.53. The van der Waals surface area contributed by atoms with E-state index in [1.54, 1.807) is 24.3 Å². The van der Waals surface area contributed by atoms with Gasteiger partial charge in [0.25, 0.3) is 0 Å². The molecule has 0 aromatic heterocycles. The summed E-state index contributed by atoms with van der Waals surface area (Å²) in [5.41, 5.74) is 1.17. The SMILES string of the molecule is C[C@@H](CN(CC(=O)O)C[C@H](Cc1ccc(NC(=O)CI)cc1)N(CC(=O)O)CC(=O)O)N(CC(=O)O)CC(=O)O. The average molecular weight is 680 g/mol. The number of hydrogen-bond acceptors (Lipinski definition) is 9. The summed E-state index contributed by atoms with van der Waals surface area (Å²) in [4.78, 5) is 72.6. The second-order valence-corrected chi connectivity index (χ2v) is 9.82. The van der Waals surface area contributed by atoms with Gasteiger partial charge in [0.2, 0.25) is 5.91 Å². The molecule has 15 nitrogen and oxygen atoms in total.